The lowest BCUT2D eigenvalue weighted by Crippen LogP contribution is -2.21. The molecule has 7 heteroatoms. The molecule has 2 aromatic carbocycles. The van der Waals surface area contributed by atoms with Crippen molar-refractivity contribution in [2.45, 2.75) is 33.1 Å². The van der Waals surface area contributed by atoms with Crippen molar-refractivity contribution in [1.82, 2.24) is 4.98 Å². The second-order valence-corrected chi connectivity index (χ2v) is 8.25. The van der Waals surface area contributed by atoms with Crippen molar-refractivity contribution >= 4 is 12.0 Å². The Morgan fingerprint density at radius 2 is 1.71 bits per heavy atom. The summed E-state index contributed by atoms with van der Waals surface area (Å²) < 4.78 is 57.8. The molecule has 3 rings (SSSR count). The third-order valence-electron chi connectivity index (χ3n) is 5.26. The average molecular weight is 471 g/mol. The molecule has 0 N–H and O–H groups in total. The van der Waals surface area contributed by atoms with E-state index in [1.165, 1.54) is 12.2 Å². The van der Waals surface area contributed by atoms with E-state index in [-0.39, 0.29) is 18.1 Å². The summed E-state index contributed by atoms with van der Waals surface area (Å²) in [7, 11) is 0. The van der Waals surface area contributed by atoms with Crippen LogP contribution in [0.3, 0.4) is 0 Å². The highest BCUT2D eigenvalue weighted by Gasteiger charge is 2.31. The third-order valence-corrected chi connectivity index (χ3v) is 5.26. The van der Waals surface area contributed by atoms with Gasteiger partial charge in [-0.1, -0.05) is 68.5 Å². The molecule has 1 aromatic heterocycles. The second-order valence-electron chi connectivity index (χ2n) is 8.25. The molecule has 34 heavy (non-hydrogen) atoms. The van der Waals surface area contributed by atoms with Gasteiger partial charge in [0.2, 0.25) is 0 Å². The van der Waals surface area contributed by atoms with Gasteiger partial charge in [-0.05, 0) is 35.7 Å². The minimum Gasteiger partial charge on any atom is -0.459 e. The first-order valence-corrected chi connectivity index (χ1v) is 10.8. The van der Waals surface area contributed by atoms with Gasteiger partial charge in [-0.2, -0.15) is 13.2 Å². The number of rotatable bonds is 8. The maximum absolute atomic E-state index is 14.1. The summed E-state index contributed by atoms with van der Waals surface area (Å²) in [4.78, 5) is 17.2. The van der Waals surface area contributed by atoms with Crippen molar-refractivity contribution in [1.29, 1.82) is 0 Å². The molecule has 0 bridgehead atoms. The first-order chi connectivity index (χ1) is 16.1. The number of hydrogen-bond donors (Lipinski definition) is 0. The lowest BCUT2D eigenvalue weighted by Gasteiger charge is -2.16. The number of benzene rings is 2. The van der Waals surface area contributed by atoms with E-state index >= 15 is 0 Å². The molecule has 1 heterocycles. The van der Waals surface area contributed by atoms with Crippen LogP contribution in [0.5, 0.6) is 0 Å². The van der Waals surface area contributed by atoms with Crippen LogP contribution in [-0.4, -0.2) is 11.0 Å². The Morgan fingerprint density at radius 1 is 1.00 bits per heavy atom. The zero-order valence-electron chi connectivity index (χ0n) is 18.9. The molecule has 178 valence electrons. The number of aromatic nitrogens is 1. The Bertz CT molecular complexity index is 1140. The van der Waals surface area contributed by atoms with Crippen LogP contribution in [0.2, 0.25) is 0 Å². The Hall–Kier alpha value is -3.48. The zero-order chi connectivity index (χ0) is 24.7. The maximum atomic E-state index is 14.1. The summed E-state index contributed by atoms with van der Waals surface area (Å²) in [5.74, 6) is -2.40. The number of pyridine rings is 1. The van der Waals surface area contributed by atoms with E-state index in [2.05, 4.69) is 4.98 Å². The average Bonchev–Trinajstić information content (AvgIpc) is 2.79. The van der Waals surface area contributed by atoms with E-state index in [4.69, 9.17) is 4.74 Å². The van der Waals surface area contributed by atoms with Gasteiger partial charge >= 0.3 is 12.1 Å². The second kappa shape index (κ2) is 11.1. The van der Waals surface area contributed by atoms with E-state index < -0.39 is 29.4 Å². The normalized spacial score (nSPS) is 12.8. The monoisotopic (exact) mass is 471 g/mol. The first kappa shape index (κ1) is 25.1. The molecule has 3 aromatic rings. The van der Waals surface area contributed by atoms with Gasteiger partial charge in [0, 0.05) is 17.7 Å². The van der Waals surface area contributed by atoms with Crippen LogP contribution >= 0.6 is 0 Å². The summed E-state index contributed by atoms with van der Waals surface area (Å²) >= 11 is 0. The summed E-state index contributed by atoms with van der Waals surface area (Å²) in [5, 5.41) is 0. The molecule has 0 fully saturated rings. The number of hydrogen-bond acceptors (Lipinski definition) is 3. The number of esters is 1. The predicted molar refractivity (Wildman–Crippen MR) is 122 cm³/mol. The Labute approximate surface area is 196 Å². The molecule has 0 saturated heterocycles. The van der Waals surface area contributed by atoms with Crippen molar-refractivity contribution in [3.05, 3.63) is 107 Å². The van der Waals surface area contributed by atoms with Gasteiger partial charge in [0.05, 0.1) is 17.2 Å². The SMILES string of the molecule is CC(C)C(/C=C/c1ccc(C(F)(F)F)cc1F)C(=O)OCc1cccc(Cc2ccccc2)n1. The van der Waals surface area contributed by atoms with Crippen LogP contribution in [-0.2, 0) is 28.7 Å². The van der Waals surface area contributed by atoms with Crippen molar-refractivity contribution in [3.8, 4) is 0 Å². The number of carbonyl (C=O) groups is 1. The van der Waals surface area contributed by atoms with E-state index in [0.717, 1.165) is 23.4 Å². The van der Waals surface area contributed by atoms with Crippen LogP contribution in [0.4, 0.5) is 17.6 Å². The van der Waals surface area contributed by atoms with Crippen molar-refractivity contribution in [2.75, 3.05) is 0 Å². The van der Waals surface area contributed by atoms with Gasteiger partial charge in [0.15, 0.2) is 0 Å². The van der Waals surface area contributed by atoms with E-state index in [1.807, 2.05) is 42.5 Å². The van der Waals surface area contributed by atoms with Crippen LogP contribution in [0.1, 0.15) is 41.9 Å². The van der Waals surface area contributed by atoms with Crippen molar-refractivity contribution in [2.24, 2.45) is 11.8 Å². The number of carbonyl (C=O) groups excluding carboxylic acids is 1. The fourth-order valence-corrected chi connectivity index (χ4v) is 3.37. The highest BCUT2D eigenvalue weighted by atomic mass is 19.4. The number of nitrogens with zero attached hydrogens (tertiary/aromatic N) is 1. The lowest BCUT2D eigenvalue weighted by molar-refractivity contribution is -0.149. The number of alkyl halides is 3. The molecule has 0 aliphatic heterocycles. The molecule has 0 saturated carbocycles. The van der Waals surface area contributed by atoms with E-state index in [1.54, 1.807) is 19.9 Å². The molecule has 0 amide bonds. The molecule has 1 unspecified atom stereocenters. The molecule has 1 atom stereocenters. The Morgan fingerprint density at radius 3 is 2.35 bits per heavy atom. The minimum atomic E-state index is -4.63. The molecule has 0 aliphatic rings. The van der Waals surface area contributed by atoms with Gasteiger partial charge in [-0.15, -0.1) is 0 Å². The van der Waals surface area contributed by atoms with Crippen LogP contribution < -0.4 is 0 Å². The lowest BCUT2D eigenvalue weighted by atomic mass is 9.94. The molecule has 0 radical (unpaired) electrons. The molecular weight excluding hydrogens is 446 g/mol. The molecule has 0 aliphatic carbocycles. The van der Waals surface area contributed by atoms with Gasteiger partial charge in [-0.3, -0.25) is 9.78 Å². The standard InChI is InChI=1S/C27H25F4NO2/c1-18(2)24(14-12-20-11-13-21(16-25(20)28)27(29,30)31)26(33)34-17-23-10-6-9-22(32-23)15-19-7-4-3-5-8-19/h3-14,16,18,24H,15,17H2,1-2H3/b14-12+. The van der Waals surface area contributed by atoms with Gasteiger partial charge < -0.3 is 4.74 Å². The number of halogens is 4. The summed E-state index contributed by atoms with van der Waals surface area (Å²) in [6, 6.07) is 17.7. The van der Waals surface area contributed by atoms with Gasteiger partial charge in [0.25, 0.3) is 0 Å². The summed E-state index contributed by atoms with van der Waals surface area (Å²) in [5.41, 5.74) is 1.45. The summed E-state index contributed by atoms with van der Waals surface area (Å²) in [6.45, 7) is 3.59. The van der Waals surface area contributed by atoms with Gasteiger partial charge in [0.1, 0.15) is 12.4 Å². The van der Waals surface area contributed by atoms with Crippen molar-refractivity contribution in [3.63, 3.8) is 0 Å². The van der Waals surface area contributed by atoms with Crippen LogP contribution in [0.25, 0.3) is 6.08 Å². The Balaban J connectivity index is 1.65. The highest BCUT2D eigenvalue weighted by molar-refractivity contribution is 5.76. The maximum Gasteiger partial charge on any atom is 0.416 e. The third kappa shape index (κ3) is 7.01. The summed E-state index contributed by atoms with van der Waals surface area (Å²) in [6.07, 6.45) is -1.21. The minimum absolute atomic E-state index is 0.0207. The first-order valence-electron chi connectivity index (χ1n) is 10.8. The van der Waals surface area contributed by atoms with Crippen LogP contribution in [0.15, 0.2) is 72.8 Å². The fraction of sp³-hybridized carbons (Fsp3) is 0.259. The van der Waals surface area contributed by atoms with Crippen LogP contribution in [0, 0.1) is 17.7 Å². The smallest absolute Gasteiger partial charge is 0.416 e. The fourth-order valence-electron chi connectivity index (χ4n) is 3.37. The Kier molecular flexibility index (Phi) is 8.21. The highest BCUT2D eigenvalue weighted by Crippen LogP contribution is 2.30. The van der Waals surface area contributed by atoms with Gasteiger partial charge in [-0.25, -0.2) is 4.39 Å². The molecular formula is C27H25F4NO2. The zero-order valence-corrected chi connectivity index (χ0v) is 18.9. The quantitative estimate of drug-likeness (QED) is 0.266. The largest absolute Gasteiger partial charge is 0.459 e. The molecule has 0 spiro atoms. The topological polar surface area (TPSA) is 39.2 Å². The van der Waals surface area contributed by atoms with E-state index in [9.17, 15) is 22.4 Å². The van der Waals surface area contributed by atoms with Crippen molar-refractivity contribution < 1.29 is 27.1 Å². The van der Waals surface area contributed by atoms with E-state index in [0.29, 0.717) is 18.2 Å². The molecule has 3 nitrogen and oxygen atoms in total. The predicted octanol–water partition coefficient (Wildman–Crippen LogP) is 6.86. The number of ether oxygens (including phenoxy) is 1.